The van der Waals surface area contributed by atoms with Crippen molar-refractivity contribution in [3.63, 3.8) is 0 Å². The van der Waals surface area contributed by atoms with Crippen molar-refractivity contribution in [3.05, 3.63) is 72.4 Å². The summed E-state index contributed by atoms with van der Waals surface area (Å²) in [7, 11) is 1.44. The Morgan fingerprint density at radius 3 is 2.19 bits per heavy atom. The van der Waals surface area contributed by atoms with Crippen LogP contribution in [0.2, 0.25) is 0 Å². The van der Waals surface area contributed by atoms with Crippen LogP contribution in [0.25, 0.3) is 11.0 Å². The number of ether oxygens (including phenoxy) is 2. The summed E-state index contributed by atoms with van der Waals surface area (Å²) in [4.78, 5) is 38.1. The van der Waals surface area contributed by atoms with Crippen LogP contribution in [0.5, 0.6) is 17.4 Å². The van der Waals surface area contributed by atoms with Gasteiger partial charge in [-0.05, 0) is 61.4 Å². The van der Waals surface area contributed by atoms with E-state index in [0.717, 1.165) is 0 Å². The minimum absolute atomic E-state index is 0.0742. The molecule has 0 aliphatic heterocycles. The molecule has 37 heavy (non-hydrogen) atoms. The number of methoxy groups -OCH3 is 1. The van der Waals surface area contributed by atoms with E-state index < -0.39 is 23.0 Å². The quantitative estimate of drug-likeness (QED) is 0.362. The molecule has 11 heteroatoms. The Morgan fingerprint density at radius 2 is 1.62 bits per heavy atom. The van der Waals surface area contributed by atoms with Gasteiger partial charge in [0.25, 0.3) is 0 Å². The average molecular weight is 498 g/mol. The zero-order valence-corrected chi connectivity index (χ0v) is 19.5. The molecule has 2 aromatic carbocycles. The number of nitrogens with zero attached hydrogens (tertiary/aromatic N) is 4. The molecule has 184 valence electrons. The fourth-order valence-corrected chi connectivity index (χ4v) is 3.69. The summed E-state index contributed by atoms with van der Waals surface area (Å²) in [6.45, 7) is 0. The van der Waals surface area contributed by atoms with E-state index in [1.807, 2.05) is 6.07 Å². The molecule has 4 aromatic rings. The van der Waals surface area contributed by atoms with Crippen LogP contribution in [-0.4, -0.2) is 33.9 Å². The summed E-state index contributed by atoms with van der Waals surface area (Å²) < 4.78 is 24.1. The lowest BCUT2D eigenvalue weighted by Gasteiger charge is -2.16. The number of hydrogen-bond donors (Lipinski definition) is 2. The van der Waals surface area contributed by atoms with Crippen LogP contribution in [0.4, 0.5) is 15.8 Å². The maximum Gasteiger partial charge on any atom is 0.249 e. The van der Waals surface area contributed by atoms with Gasteiger partial charge in [0.1, 0.15) is 29.4 Å². The fraction of sp³-hybridized carbons (Fsp3) is 0.154. The average Bonchev–Trinajstić information content (AvgIpc) is 3.73. The van der Waals surface area contributed by atoms with E-state index in [0.29, 0.717) is 46.7 Å². The highest BCUT2D eigenvalue weighted by atomic mass is 19.1. The van der Waals surface area contributed by atoms with Crippen molar-refractivity contribution in [2.24, 2.45) is 5.41 Å². The van der Waals surface area contributed by atoms with Gasteiger partial charge in [-0.15, -0.1) is 0 Å². The van der Waals surface area contributed by atoms with E-state index in [1.165, 1.54) is 37.7 Å². The smallest absolute Gasteiger partial charge is 0.249 e. The minimum Gasteiger partial charge on any atom is -0.494 e. The third-order valence-electron chi connectivity index (χ3n) is 5.92. The van der Waals surface area contributed by atoms with Crippen molar-refractivity contribution >= 4 is 34.2 Å². The molecule has 2 amide bonds. The molecule has 2 aromatic heterocycles. The minimum atomic E-state index is -1.17. The molecule has 1 aliphatic rings. The molecule has 1 saturated carbocycles. The lowest BCUT2D eigenvalue weighted by atomic mass is 10.0. The van der Waals surface area contributed by atoms with Gasteiger partial charge < -0.3 is 20.1 Å². The van der Waals surface area contributed by atoms with E-state index in [-0.39, 0.29) is 11.6 Å². The van der Waals surface area contributed by atoms with E-state index in [9.17, 15) is 19.2 Å². The standard InChI is InChI=1S/C26H19FN6O4/c1-36-21-12-19-22(33-20(21)13-28)23(30-14-29-19)37-18-8-6-17(7-9-18)32-25(35)26(10-11-26)24(34)31-16-4-2-15(27)3-5-16/h2-9,12,14H,10-11H2,1H3,(H,31,34)(H,32,35). The topological polar surface area (TPSA) is 139 Å². The van der Waals surface area contributed by atoms with Crippen molar-refractivity contribution in [1.82, 2.24) is 15.0 Å². The third-order valence-corrected chi connectivity index (χ3v) is 5.92. The molecule has 2 N–H and O–H groups in total. The van der Waals surface area contributed by atoms with E-state index in [1.54, 1.807) is 30.3 Å². The molecule has 0 bridgehead atoms. The number of benzene rings is 2. The summed E-state index contributed by atoms with van der Waals surface area (Å²) in [5.74, 6) is -0.433. The number of halogens is 1. The first-order valence-electron chi connectivity index (χ1n) is 11.2. The van der Waals surface area contributed by atoms with Gasteiger partial charge in [0.15, 0.2) is 17.0 Å². The van der Waals surface area contributed by atoms with Gasteiger partial charge in [0, 0.05) is 17.4 Å². The van der Waals surface area contributed by atoms with Crippen molar-refractivity contribution in [2.75, 3.05) is 17.7 Å². The van der Waals surface area contributed by atoms with Gasteiger partial charge >= 0.3 is 0 Å². The molecular weight excluding hydrogens is 479 g/mol. The van der Waals surface area contributed by atoms with Gasteiger partial charge in [0.05, 0.1) is 12.6 Å². The number of nitriles is 1. The summed E-state index contributed by atoms with van der Waals surface area (Å²) >= 11 is 0. The van der Waals surface area contributed by atoms with Crippen LogP contribution in [0, 0.1) is 22.6 Å². The summed E-state index contributed by atoms with van der Waals surface area (Å²) in [6, 6.07) is 15.4. The Hall–Kier alpha value is -5.11. The second-order valence-electron chi connectivity index (χ2n) is 8.32. The largest absolute Gasteiger partial charge is 0.494 e. The SMILES string of the molecule is COc1cc2ncnc(Oc3ccc(NC(=O)C4(C(=O)Nc5ccc(F)cc5)CC4)cc3)c2nc1C#N. The zero-order chi connectivity index (χ0) is 26.0. The van der Waals surface area contributed by atoms with E-state index in [4.69, 9.17) is 9.47 Å². The number of amides is 2. The van der Waals surface area contributed by atoms with Gasteiger partial charge in [-0.25, -0.2) is 14.4 Å². The Bertz CT molecular complexity index is 1550. The van der Waals surface area contributed by atoms with Crippen LogP contribution in [0.3, 0.4) is 0 Å². The van der Waals surface area contributed by atoms with Gasteiger partial charge in [-0.2, -0.15) is 10.2 Å². The molecule has 2 heterocycles. The normalized spacial score (nSPS) is 13.3. The highest BCUT2D eigenvalue weighted by molar-refractivity contribution is 6.16. The number of nitrogens with one attached hydrogen (secondary N) is 2. The van der Waals surface area contributed by atoms with E-state index in [2.05, 4.69) is 25.6 Å². The Balaban J connectivity index is 1.27. The molecule has 10 nitrogen and oxygen atoms in total. The fourth-order valence-electron chi connectivity index (χ4n) is 3.69. The molecule has 1 fully saturated rings. The lowest BCUT2D eigenvalue weighted by molar-refractivity contribution is -0.131. The molecule has 0 spiro atoms. The lowest BCUT2D eigenvalue weighted by Crippen LogP contribution is -2.35. The molecule has 0 saturated heterocycles. The van der Waals surface area contributed by atoms with Gasteiger partial charge in [0.2, 0.25) is 17.7 Å². The van der Waals surface area contributed by atoms with E-state index >= 15 is 0 Å². The maximum absolute atomic E-state index is 13.1. The van der Waals surface area contributed by atoms with Gasteiger partial charge in [-0.3, -0.25) is 9.59 Å². The van der Waals surface area contributed by atoms with Crippen LogP contribution >= 0.6 is 0 Å². The first-order valence-corrected chi connectivity index (χ1v) is 11.2. The molecule has 1 aliphatic carbocycles. The van der Waals surface area contributed by atoms with Crippen molar-refractivity contribution in [2.45, 2.75) is 12.8 Å². The molecule has 0 atom stereocenters. The number of pyridine rings is 1. The molecular formula is C26H19FN6O4. The third kappa shape index (κ3) is 4.72. The second kappa shape index (κ2) is 9.50. The number of anilines is 2. The predicted molar refractivity (Wildman–Crippen MR) is 130 cm³/mol. The number of carbonyl (C=O) groups is 2. The number of aromatic nitrogens is 3. The van der Waals surface area contributed by atoms with Crippen molar-refractivity contribution in [1.29, 1.82) is 5.26 Å². The summed E-state index contributed by atoms with van der Waals surface area (Å²) in [6.07, 6.45) is 2.14. The monoisotopic (exact) mass is 498 g/mol. The van der Waals surface area contributed by atoms with Crippen LogP contribution in [0.15, 0.2) is 60.9 Å². The van der Waals surface area contributed by atoms with Crippen molar-refractivity contribution < 1.29 is 23.5 Å². The first kappa shape index (κ1) is 23.6. The van der Waals surface area contributed by atoms with Crippen LogP contribution < -0.4 is 20.1 Å². The molecule has 0 radical (unpaired) electrons. The Morgan fingerprint density at radius 1 is 1.00 bits per heavy atom. The number of hydrogen-bond acceptors (Lipinski definition) is 8. The molecule has 0 unspecified atom stereocenters. The van der Waals surface area contributed by atoms with Gasteiger partial charge in [-0.1, -0.05) is 0 Å². The number of fused-ring (bicyclic) bond motifs is 1. The van der Waals surface area contributed by atoms with Crippen molar-refractivity contribution in [3.8, 4) is 23.4 Å². The Kier molecular flexibility index (Phi) is 6.07. The number of carbonyl (C=O) groups excluding carboxylic acids is 2. The van der Waals surface area contributed by atoms with Crippen LogP contribution in [-0.2, 0) is 9.59 Å². The second-order valence-corrected chi connectivity index (χ2v) is 8.32. The molecule has 5 rings (SSSR count). The predicted octanol–water partition coefficient (Wildman–Crippen LogP) is 4.19. The summed E-state index contributed by atoms with van der Waals surface area (Å²) in [5.41, 5.74) is 0.525. The first-order chi connectivity index (χ1) is 17.9. The maximum atomic E-state index is 13.1. The Labute approximate surface area is 210 Å². The highest BCUT2D eigenvalue weighted by Crippen LogP contribution is 2.47. The highest BCUT2D eigenvalue weighted by Gasteiger charge is 2.56. The summed E-state index contributed by atoms with van der Waals surface area (Å²) in [5, 5.41) is 14.8. The van der Waals surface area contributed by atoms with Crippen LogP contribution in [0.1, 0.15) is 18.5 Å². The zero-order valence-electron chi connectivity index (χ0n) is 19.5. The number of rotatable bonds is 7.